The second kappa shape index (κ2) is 7.65. The Morgan fingerprint density at radius 2 is 1.77 bits per heavy atom. The third-order valence-electron chi connectivity index (χ3n) is 3.77. The topological polar surface area (TPSA) is 85.6 Å². The van der Waals surface area contributed by atoms with Gasteiger partial charge in [-0.3, -0.25) is 14.4 Å². The maximum Gasteiger partial charge on any atom is 0.325 e. The molecule has 1 aromatic heterocycles. The van der Waals surface area contributed by atoms with Gasteiger partial charge in [-0.25, -0.2) is 0 Å². The molecule has 6 heteroatoms. The molecule has 1 heterocycles. The number of ketones is 1. The van der Waals surface area contributed by atoms with Crippen molar-refractivity contribution in [3.63, 3.8) is 0 Å². The van der Waals surface area contributed by atoms with Crippen molar-refractivity contribution in [1.29, 1.82) is 0 Å². The third kappa shape index (κ3) is 4.16. The van der Waals surface area contributed by atoms with Crippen LogP contribution < -0.4 is 5.32 Å². The molecule has 0 bridgehead atoms. The van der Waals surface area contributed by atoms with Crippen molar-refractivity contribution < 1.29 is 23.5 Å². The van der Waals surface area contributed by atoms with Crippen molar-refractivity contribution in [2.45, 2.75) is 6.92 Å². The fourth-order valence-corrected chi connectivity index (χ4v) is 2.35. The molecule has 0 radical (unpaired) electrons. The molecule has 3 aromatic rings. The van der Waals surface area contributed by atoms with Crippen molar-refractivity contribution in [3.05, 3.63) is 71.5 Å². The number of Topliss-reactive ketones (excluding diaryl/α,β-unsaturated/α-hetero) is 1. The Hall–Kier alpha value is -3.41. The van der Waals surface area contributed by atoms with E-state index in [-0.39, 0.29) is 18.2 Å². The normalized spacial score (nSPS) is 10.5. The highest BCUT2D eigenvalue weighted by Gasteiger charge is 2.15. The molecule has 132 valence electrons. The molecular formula is C20H17NO5. The van der Waals surface area contributed by atoms with Crippen LogP contribution in [0.3, 0.4) is 0 Å². The molecule has 3 rings (SSSR count). The van der Waals surface area contributed by atoms with Crippen LogP contribution in [0.1, 0.15) is 26.5 Å². The van der Waals surface area contributed by atoms with Gasteiger partial charge in [-0.15, -0.1) is 0 Å². The number of fused-ring (bicyclic) bond motifs is 1. The highest BCUT2D eigenvalue weighted by molar-refractivity contribution is 5.99. The second-order valence-electron chi connectivity index (χ2n) is 5.78. The molecule has 0 aliphatic rings. The van der Waals surface area contributed by atoms with E-state index in [1.54, 1.807) is 42.5 Å². The number of ether oxygens (including phenoxy) is 1. The smallest absolute Gasteiger partial charge is 0.325 e. The summed E-state index contributed by atoms with van der Waals surface area (Å²) >= 11 is 0. The Bertz CT molecular complexity index is 923. The number of rotatable bonds is 6. The second-order valence-corrected chi connectivity index (χ2v) is 5.78. The summed E-state index contributed by atoms with van der Waals surface area (Å²) in [5.41, 5.74) is 2.07. The molecule has 1 N–H and O–H groups in total. The quantitative estimate of drug-likeness (QED) is 0.545. The van der Waals surface area contributed by atoms with E-state index in [4.69, 9.17) is 9.15 Å². The Morgan fingerprint density at radius 1 is 1.04 bits per heavy atom. The van der Waals surface area contributed by atoms with Gasteiger partial charge in [-0.05, 0) is 31.2 Å². The highest BCUT2D eigenvalue weighted by Crippen LogP contribution is 2.19. The van der Waals surface area contributed by atoms with Crippen molar-refractivity contribution in [2.75, 3.05) is 13.2 Å². The van der Waals surface area contributed by atoms with E-state index in [0.29, 0.717) is 11.1 Å². The summed E-state index contributed by atoms with van der Waals surface area (Å²) in [5, 5.41) is 3.25. The fourth-order valence-electron chi connectivity index (χ4n) is 2.35. The first kappa shape index (κ1) is 17.4. The summed E-state index contributed by atoms with van der Waals surface area (Å²) in [6, 6.07) is 15.8. The van der Waals surface area contributed by atoms with E-state index in [1.807, 2.05) is 19.1 Å². The van der Waals surface area contributed by atoms with Crippen LogP contribution in [0.25, 0.3) is 11.0 Å². The molecule has 0 saturated heterocycles. The summed E-state index contributed by atoms with van der Waals surface area (Å²) in [4.78, 5) is 35.7. The molecule has 0 atom stereocenters. The third-order valence-corrected chi connectivity index (χ3v) is 3.77. The first-order chi connectivity index (χ1) is 12.5. The number of carbonyl (C=O) groups excluding carboxylic acids is 3. The minimum Gasteiger partial charge on any atom is -0.456 e. The van der Waals surface area contributed by atoms with Crippen molar-refractivity contribution in [1.82, 2.24) is 5.32 Å². The van der Waals surface area contributed by atoms with E-state index < -0.39 is 18.4 Å². The van der Waals surface area contributed by atoms with E-state index in [2.05, 4.69) is 5.32 Å². The van der Waals surface area contributed by atoms with Gasteiger partial charge < -0.3 is 14.5 Å². The van der Waals surface area contributed by atoms with Gasteiger partial charge >= 0.3 is 5.97 Å². The first-order valence-electron chi connectivity index (χ1n) is 8.05. The minimum atomic E-state index is -0.699. The minimum absolute atomic E-state index is 0.127. The van der Waals surface area contributed by atoms with Crippen LogP contribution in [-0.4, -0.2) is 30.8 Å². The molecule has 0 unspecified atom stereocenters. The zero-order valence-corrected chi connectivity index (χ0v) is 14.2. The maximum atomic E-state index is 12.1. The van der Waals surface area contributed by atoms with Crippen molar-refractivity contribution in [2.24, 2.45) is 0 Å². The fraction of sp³-hybridized carbons (Fsp3) is 0.150. The van der Waals surface area contributed by atoms with Crippen molar-refractivity contribution >= 4 is 28.6 Å². The summed E-state index contributed by atoms with van der Waals surface area (Å²) in [6.45, 7) is 1.15. The van der Waals surface area contributed by atoms with Crippen LogP contribution in [0.4, 0.5) is 0 Å². The van der Waals surface area contributed by atoms with Gasteiger partial charge in [0.1, 0.15) is 12.1 Å². The largest absolute Gasteiger partial charge is 0.456 e. The number of para-hydroxylation sites is 1. The monoisotopic (exact) mass is 351 g/mol. The number of esters is 1. The number of carbonyl (C=O) groups is 3. The average molecular weight is 351 g/mol. The van der Waals surface area contributed by atoms with Crippen LogP contribution in [0, 0.1) is 6.92 Å². The molecule has 6 nitrogen and oxygen atoms in total. The van der Waals surface area contributed by atoms with Crippen molar-refractivity contribution in [3.8, 4) is 0 Å². The highest BCUT2D eigenvalue weighted by atomic mass is 16.5. The van der Waals surface area contributed by atoms with Crippen LogP contribution >= 0.6 is 0 Å². The lowest BCUT2D eigenvalue weighted by Crippen LogP contribution is -2.31. The predicted molar refractivity (Wildman–Crippen MR) is 95.0 cm³/mol. The van der Waals surface area contributed by atoms with Gasteiger partial charge in [-0.2, -0.15) is 0 Å². The van der Waals surface area contributed by atoms with Gasteiger partial charge in [0.2, 0.25) is 5.78 Å². The van der Waals surface area contributed by atoms with Crippen LogP contribution in [0.2, 0.25) is 0 Å². The Morgan fingerprint density at radius 3 is 2.50 bits per heavy atom. The van der Waals surface area contributed by atoms with E-state index in [0.717, 1.165) is 10.9 Å². The first-order valence-corrected chi connectivity index (χ1v) is 8.05. The number of nitrogens with one attached hydrogen (secondary N) is 1. The predicted octanol–water partition coefficient (Wildman–Crippen LogP) is 2.90. The zero-order valence-electron chi connectivity index (χ0n) is 14.2. The number of furan rings is 1. The lowest BCUT2D eigenvalue weighted by molar-refractivity contribution is -0.141. The number of hydrogen-bond donors (Lipinski definition) is 1. The number of aryl methyl sites for hydroxylation is 1. The van der Waals surface area contributed by atoms with Gasteiger partial charge in [0.15, 0.2) is 12.4 Å². The Balaban J connectivity index is 1.48. The summed E-state index contributed by atoms with van der Waals surface area (Å²) < 4.78 is 10.3. The standard InChI is InChI=1S/C20H17NO5/c1-13-6-8-14(9-7-13)20(24)21-11-19(23)25-12-16(22)18-10-15-4-2-3-5-17(15)26-18/h2-10H,11-12H2,1H3,(H,21,24). The Kier molecular flexibility index (Phi) is 5.12. The Labute approximate surface area is 149 Å². The van der Waals surface area contributed by atoms with Gasteiger partial charge in [0, 0.05) is 10.9 Å². The summed E-state index contributed by atoms with van der Waals surface area (Å²) in [5.74, 6) is -1.40. The van der Waals surface area contributed by atoms with E-state index in [1.165, 1.54) is 0 Å². The molecule has 0 aliphatic carbocycles. The SMILES string of the molecule is Cc1ccc(C(=O)NCC(=O)OCC(=O)c2cc3ccccc3o2)cc1. The lowest BCUT2D eigenvalue weighted by Gasteiger charge is -2.06. The zero-order chi connectivity index (χ0) is 18.5. The van der Waals surface area contributed by atoms with Crippen LogP contribution in [0.5, 0.6) is 0 Å². The maximum absolute atomic E-state index is 12.1. The molecule has 1 amide bonds. The average Bonchev–Trinajstić information content (AvgIpc) is 3.09. The molecule has 0 aliphatic heterocycles. The van der Waals surface area contributed by atoms with E-state index in [9.17, 15) is 14.4 Å². The van der Waals surface area contributed by atoms with Gasteiger partial charge in [-0.1, -0.05) is 35.9 Å². The van der Waals surface area contributed by atoms with Crippen LogP contribution in [0.15, 0.2) is 59.0 Å². The molecule has 0 fully saturated rings. The molecule has 0 spiro atoms. The van der Waals surface area contributed by atoms with E-state index >= 15 is 0 Å². The van der Waals surface area contributed by atoms with Gasteiger partial charge in [0.25, 0.3) is 5.91 Å². The molecule has 2 aromatic carbocycles. The molecule has 26 heavy (non-hydrogen) atoms. The number of amides is 1. The van der Waals surface area contributed by atoms with Crippen LogP contribution in [-0.2, 0) is 9.53 Å². The summed E-state index contributed by atoms with van der Waals surface area (Å²) in [7, 11) is 0. The number of hydrogen-bond acceptors (Lipinski definition) is 5. The number of benzene rings is 2. The molecular weight excluding hydrogens is 334 g/mol. The lowest BCUT2D eigenvalue weighted by atomic mass is 10.1. The van der Waals surface area contributed by atoms with Gasteiger partial charge in [0.05, 0.1) is 0 Å². The molecule has 0 saturated carbocycles. The summed E-state index contributed by atoms with van der Waals surface area (Å²) in [6.07, 6.45) is 0.